The molecule has 0 atom stereocenters. The molecule has 0 aliphatic heterocycles. The van der Waals surface area contributed by atoms with Gasteiger partial charge in [-0.2, -0.15) is 5.26 Å². The Morgan fingerprint density at radius 1 is 1.45 bits per heavy atom. The van der Waals surface area contributed by atoms with E-state index >= 15 is 0 Å². The van der Waals surface area contributed by atoms with E-state index in [4.69, 9.17) is 5.26 Å². The van der Waals surface area contributed by atoms with Crippen molar-refractivity contribution >= 4 is 5.69 Å². The minimum absolute atomic E-state index is 0.914. The third kappa shape index (κ3) is 1.71. The Kier molecular flexibility index (Phi) is 2.51. The molecule has 1 rings (SSSR count). The van der Waals surface area contributed by atoms with Gasteiger partial charge in [-0.25, -0.2) is 0 Å². The van der Waals surface area contributed by atoms with Gasteiger partial charge in [0.25, 0.3) is 0 Å². The van der Waals surface area contributed by atoms with Gasteiger partial charge in [0.15, 0.2) is 6.19 Å². The first-order valence-electron chi connectivity index (χ1n) is 3.61. The van der Waals surface area contributed by atoms with Gasteiger partial charge in [0.1, 0.15) is 0 Å². The van der Waals surface area contributed by atoms with Crippen molar-refractivity contribution < 1.29 is 0 Å². The topological polar surface area (TPSA) is 35.8 Å². The number of rotatable bonds is 2. The highest BCUT2D eigenvalue weighted by Crippen LogP contribution is 2.14. The Morgan fingerprint density at radius 2 is 2.18 bits per heavy atom. The molecule has 1 aromatic carbocycles. The van der Waals surface area contributed by atoms with Crippen LogP contribution in [0.15, 0.2) is 24.3 Å². The van der Waals surface area contributed by atoms with E-state index in [2.05, 4.69) is 12.2 Å². The third-order valence-electron chi connectivity index (χ3n) is 1.59. The highest BCUT2D eigenvalue weighted by Gasteiger charge is 1.95. The molecule has 0 fully saturated rings. The molecule has 2 nitrogen and oxygen atoms in total. The maximum Gasteiger partial charge on any atom is 0.181 e. The summed E-state index contributed by atoms with van der Waals surface area (Å²) in [7, 11) is 0. The van der Waals surface area contributed by atoms with Crippen LogP contribution in [-0.2, 0) is 6.42 Å². The molecule has 0 unspecified atom stereocenters. The number of hydrogen-bond acceptors (Lipinski definition) is 2. The minimum Gasteiger partial charge on any atom is -0.293 e. The van der Waals surface area contributed by atoms with Crippen LogP contribution in [0, 0.1) is 11.5 Å². The fraction of sp³-hybridized carbons (Fsp3) is 0.222. The number of aryl methyl sites for hydroxylation is 1. The van der Waals surface area contributed by atoms with E-state index in [1.165, 1.54) is 5.56 Å². The van der Waals surface area contributed by atoms with Gasteiger partial charge in [-0.1, -0.05) is 25.1 Å². The second-order valence-electron chi connectivity index (χ2n) is 2.25. The van der Waals surface area contributed by atoms with Crippen molar-refractivity contribution in [3.8, 4) is 6.19 Å². The van der Waals surface area contributed by atoms with Crippen LogP contribution in [0.1, 0.15) is 12.5 Å². The van der Waals surface area contributed by atoms with Crippen molar-refractivity contribution in [3.05, 3.63) is 29.8 Å². The standard InChI is InChI=1S/C9H10N2/c1-2-8-5-3-4-6-9(8)11-7-10/h3-6,11H,2H2,1H3. The minimum atomic E-state index is 0.914. The molecule has 0 aromatic heterocycles. The SMILES string of the molecule is CCc1ccccc1NC#N. The predicted molar refractivity (Wildman–Crippen MR) is 45.1 cm³/mol. The first kappa shape index (κ1) is 7.62. The van der Waals surface area contributed by atoms with E-state index in [1.54, 1.807) is 0 Å². The van der Waals surface area contributed by atoms with Gasteiger partial charge in [-0.15, -0.1) is 0 Å². The first-order chi connectivity index (χ1) is 5.38. The van der Waals surface area contributed by atoms with E-state index in [1.807, 2.05) is 30.5 Å². The quantitative estimate of drug-likeness (QED) is 0.512. The lowest BCUT2D eigenvalue weighted by Crippen LogP contribution is -1.92. The van der Waals surface area contributed by atoms with Gasteiger partial charge in [0.2, 0.25) is 0 Å². The van der Waals surface area contributed by atoms with E-state index in [9.17, 15) is 0 Å². The van der Waals surface area contributed by atoms with Crippen molar-refractivity contribution in [2.75, 3.05) is 5.32 Å². The largest absolute Gasteiger partial charge is 0.293 e. The summed E-state index contributed by atoms with van der Waals surface area (Å²) in [6.45, 7) is 2.07. The number of para-hydroxylation sites is 1. The number of nitriles is 1. The smallest absolute Gasteiger partial charge is 0.181 e. The Balaban J connectivity index is 2.94. The highest BCUT2D eigenvalue weighted by molar-refractivity contribution is 5.53. The van der Waals surface area contributed by atoms with Crippen molar-refractivity contribution in [2.45, 2.75) is 13.3 Å². The predicted octanol–water partition coefficient (Wildman–Crippen LogP) is 2.14. The molecule has 0 aliphatic carbocycles. The van der Waals surface area contributed by atoms with Gasteiger partial charge < -0.3 is 0 Å². The lowest BCUT2D eigenvalue weighted by atomic mass is 10.1. The zero-order valence-electron chi connectivity index (χ0n) is 6.46. The Bertz CT molecular complexity index is 273. The summed E-state index contributed by atoms with van der Waals surface area (Å²) in [5, 5.41) is 11.0. The van der Waals surface area contributed by atoms with Gasteiger partial charge in [-0.3, -0.25) is 5.32 Å². The molecule has 0 spiro atoms. The summed E-state index contributed by atoms with van der Waals surface area (Å²) in [6.07, 6.45) is 2.86. The first-order valence-corrected chi connectivity index (χ1v) is 3.61. The summed E-state index contributed by atoms with van der Waals surface area (Å²) in [4.78, 5) is 0. The maximum absolute atomic E-state index is 8.38. The van der Waals surface area contributed by atoms with E-state index in [-0.39, 0.29) is 0 Å². The van der Waals surface area contributed by atoms with Crippen LogP contribution in [0.5, 0.6) is 0 Å². The molecular formula is C9H10N2. The normalized spacial score (nSPS) is 8.73. The van der Waals surface area contributed by atoms with Crippen LogP contribution in [0.25, 0.3) is 0 Å². The Hall–Kier alpha value is -1.49. The molecule has 0 saturated heterocycles. The van der Waals surface area contributed by atoms with E-state index in [0.29, 0.717) is 0 Å². The molecule has 0 heterocycles. The number of hydrogen-bond donors (Lipinski definition) is 1. The molecular weight excluding hydrogens is 136 g/mol. The molecule has 0 saturated carbocycles. The molecule has 1 aromatic rings. The van der Waals surface area contributed by atoms with Crippen LogP contribution in [0.2, 0.25) is 0 Å². The second kappa shape index (κ2) is 3.62. The zero-order valence-corrected chi connectivity index (χ0v) is 6.46. The molecule has 0 amide bonds. The van der Waals surface area contributed by atoms with Crippen molar-refractivity contribution in [3.63, 3.8) is 0 Å². The molecule has 1 N–H and O–H groups in total. The number of anilines is 1. The molecule has 0 radical (unpaired) electrons. The molecule has 56 valence electrons. The van der Waals surface area contributed by atoms with Crippen LogP contribution in [0.3, 0.4) is 0 Å². The summed E-state index contributed by atoms with van der Waals surface area (Å²) in [5.41, 5.74) is 2.09. The van der Waals surface area contributed by atoms with Gasteiger partial charge in [0.05, 0.1) is 5.69 Å². The lowest BCUT2D eigenvalue weighted by Gasteiger charge is -2.02. The maximum atomic E-state index is 8.38. The third-order valence-corrected chi connectivity index (χ3v) is 1.59. The van der Waals surface area contributed by atoms with Crippen molar-refractivity contribution in [1.29, 1.82) is 5.26 Å². The molecule has 11 heavy (non-hydrogen) atoms. The fourth-order valence-electron chi connectivity index (χ4n) is 1.01. The zero-order chi connectivity index (χ0) is 8.10. The van der Waals surface area contributed by atoms with E-state index in [0.717, 1.165) is 12.1 Å². The summed E-state index contributed by atoms with van der Waals surface area (Å²) >= 11 is 0. The molecule has 0 aliphatic rings. The Morgan fingerprint density at radius 3 is 2.82 bits per heavy atom. The summed E-state index contributed by atoms with van der Waals surface area (Å²) in [5.74, 6) is 0. The summed E-state index contributed by atoms with van der Waals surface area (Å²) < 4.78 is 0. The van der Waals surface area contributed by atoms with Gasteiger partial charge in [-0.05, 0) is 18.1 Å². The molecule has 0 bridgehead atoms. The van der Waals surface area contributed by atoms with Gasteiger partial charge in [0, 0.05) is 0 Å². The fourth-order valence-corrected chi connectivity index (χ4v) is 1.01. The average Bonchev–Trinajstić information content (AvgIpc) is 2.06. The molecule has 2 heteroatoms. The second-order valence-corrected chi connectivity index (χ2v) is 2.25. The Labute approximate surface area is 66.5 Å². The van der Waals surface area contributed by atoms with Crippen LogP contribution in [-0.4, -0.2) is 0 Å². The monoisotopic (exact) mass is 146 g/mol. The average molecular weight is 146 g/mol. The lowest BCUT2D eigenvalue weighted by molar-refractivity contribution is 1.14. The van der Waals surface area contributed by atoms with Crippen LogP contribution < -0.4 is 5.32 Å². The van der Waals surface area contributed by atoms with E-state index < -0.39 is 0 Å². The number of nitrogens with one attached hydrogen (secondary N) is 1. The summed E-state index contributed by atoms with van der Waals surface area (Å²) in [6, 6.07) is 7.81. The van der Waals surface area contributed by atoms with Crippen molar-refractivity contribution in [2.24, 2.45) is 0 Å². The number of nitrogens with zero attached hydrogens (tertiary/aromatic N) is 1. The van der Waals surface area contributed by atoms with Gasteiger partial charge >= 0.3 is 0 Å². The highest BCUT2D eigenvalue weighted by atomic mass is 14.9. The van der Waals surface area contributed by atoms with Crippen molar-refractivity contribution in [1.82, 2.24) is 0 Å². The van der Waals surface area contributed by atoms with Crippen LogP contribution in [0.4, 0.5) is 5.69 Å². The number of benzene rings is 1. The van der Waals surface area contributed by atoms with Crippen LogP contribution >= 0.6 is 0 Å².